The van der Waals surface area contributed by atoms with E-state index in [0.717, 1.165) is 11.8 Å². The number of hydroxylamine groups is 1. The molecule has 0 saturated heterocycles. The molecule has 170 valence electrons. The second-order valence-electron chi connectivity index (χ2n) is 6.94. The molecule has 0 aliphatic carbocycles. The smallest absolute Gasteiger partial charge is 0.284 e. The Morgan fingerprint density at radius 3 is 2.34 bits per heavy atom. The van der Waals surface area contributed by atoms with Gasteiger partial charge in [0.2, 0.25) is 5.60 Å². The van der Waals surface area contributed by atoms with Crippen molar-refractivity contribution in [1.29, 1.82) is 0 Å². The summed E-state index contributed by atoms with van der Waals surface area (Å²) >= 11 is 1.13. The van der Waals surface area contributed by atoms with Crippen LogP contribution in [-0.4, -0.2) is 51.4 Å². The number of nitrogens with one attached hydrogen (secondary N) is 1. The molecule has 9 nitrogen and oxygen atoms in total. The van der Waals surface area contributed by atoms with Crippen molar-refractivity contribution >= 4 is 27.5 Å². The Morgan fingerprint density at radius 2 is 1.81 bits per heavy atom. The molecule has 1 aromatic heterocycles. The van der Waals surface area contributed by atoms with Gasteiger partial charge in [0.1, 0.15) is 16.7 Å². The van der Waals surface area contributed by atoms with Crippen molar-refractivity contribution in [3.8, 4) is 11.5 Å². The predicted molar refractivity (Wildman–Crippen MR) is 119 cm³/mol. The van der Waals surface area contributed by atoms with Gasteiger partial charge < -0.3 is 14.4 Å². The molecule has 0 saturated carbocycles. The summed E-state index contributed by atoms with van der Waals surface area (Å²) in [5.41, 5.74) is -1.26. The lowest BCUT2D eigenvalue weighted by Gasteiger charge is -2.32. The molecule has 11 heteroatoms. The van der Waals surface area contributed by atoms with E-state index < -0.39 is 26.6 Å². The number of carbonyl (C=O) groups excluding carboxylic acids is 1. The van der Waals surface area contributed by atoms with Gasteiger partial charge >= 0.3 is 0 Å². The molecule has 2 unspecified atom stereocenters. The zero-order chi connectivity index (χ0) is 23.4. The minimum Gasteiger partial charge on any atom is -0.457 e. The monoisotopic (exact) mass is 477 g/mol. The van der Waals surface area contributed by atoms with Gasteiger partial charge in [0.05, 0.1) is 4.90 Å². The van der Waals surface area contributed by atoms with Crippen molar-refractivity contribution < 1.29 is 28.3 Å². The first-order valence-corrected chi connectivity index (χ1v) is 12.4. The molecule has 2 atom stereocenters. The SMILES string of the molecule is CSCC(C(O)(C(=O)NO)c1nccn1C)S(=O)(=O)c1ccc(Oc2ccccc2)cc1. The number of aromatic nitrogens is 2. The Kier molecular flexibility index (Phi) is 7.24. The number of sulfone groups is 1. The zero-order valence-corrected chi connectivity index (χ0v) is 19.0. The van der Waals surface area contributed by atoms with Crippen LogP contribution in [0.4, 0.5) is 0 Å². The van der Waals surface area contributed by atoms with Crippen LogP contribution in [0.2, 0.25) is 0 Å². The second kappa shape index (κ2) is 9.74. The largest absolute Gasteiger partial charge is 0.457 e. The highest BCUT2D eigenvalue weighted by Gasteiger charge is 2.54. The van der Waals surface area contributed by atoms with Crippen molar-refractivity contribution in [2.24, 2.45) is 7.05 Å². The van der Waals surface area contributed by atoms with E-state index in [1.165, 1.54) is 53.8 Å². The van der Waals surface area contributed by atoms with Crippen LogP contribution in [-0.2, 0) is 27.3 Å². The number of amides is 1. The zero-order valence-electron chi connectivity index (χ0n) is 17.4. The van der Waals surface area contributed by atoms with Crippen molar-refractivity contribution in [1.82, 2.24) is 15.0 Å². The molecule has 0 aliphatic heterocycles. The Balaban J connectivity index is 2.02. The molecule has 0 aliphatic rings. The van der Waals surface area contributed by atoms with Crippen molar-refractivity contribution in [3.05, 3.63) is 72.8 Å². The molecule has 0 radical (unpaired) electrons. The Morgan fingerprint density at radius 1 is 1.19 bits per heavy atom. The molecule has 3 N–H and O–H groups in total. The first kappa shape index (κ1) is 23.8. The number of ether oxygens (including phenoxy) is 1. The molecule has 0 bridgehead atoms. The Bertz CT molecular complexity index is 1170. The van der Waals surface area contributed by atoms with Gasteiger partial charge in [-0.2, -0.15) is 11.8 Å². The van der Waals surface area contributed by atoms with Gasteiger partial charge in [0.25, 0.3) is 5.91 Å². The molecule has 1 amide bonds. The van der Waals surface area contributed by atoms with Crippen LogP contribution < -0.4 is 10.2 Å². The molecule has 3 rings (SSSR count). The highest BCUT2D eigenvalue weighted by atomic mass is 32.2. The quantitative estimate of drug-likeness (QED) is 0.316. The standard InChI is InChI=1S/C21H23N3O6S2/c1-24-13-12-22-19(24)21(26,20(25)23-27)18(14-31-2)32(28,29)17-10-8-16(9-11-17)30-15-6-4-3-5-7-15/h3-13,18,26-27H,14H2,1-2H3,(H,23,25). The molecule has 0 spiro atoms. The number of aryl methyl sites for hydroxylation is 1. The summed E-state index contributed by atoms with van der Waals surface area (Å²) in [7, 11) is -2.75. The third kappa shape index (κ3) is 4.51. The van der Waals surface area contributed by atoms with E-state index in [0.29, 0.717) is 11.5 Å². The molecule has 2 aromatic carbocycles. The summed E-state index contributed by atoms with van der Waals surface area (Å²) in [5.74, 6) is -0.633. The van der Waals surface area contributed by atoms with Crippen LogP contribution in [0.15, 0.2) is 71.9 Å². The predicted octanol–water partition coefficient (Wildman–Crippen LogP) is 2.11. The van der Waals surface area contributed by atoms with E-state index in [-0.39, 0.29) is 16.5 Å². The number of benzene rings is 2. The van der Waals surface area contributed by atoms with Gasteiger partial charge in [-0.1, -0.05) is 18.2 Å². The summed E-state index contributed by atoms with van der Waals surface area (Å²) < 4.78 is 34.1. The minimum absolute atomic E-state index is 0.115. The summed E-state index contributed by atoms with van der Waals surface area (Å²) in [4.78, 5) is 16.4. The first-order chi connectivity index (χ1) is 15.2. The summed E-state index contributed by atoms with van der Waals surface area (Å²) in [5, 5.41) is 19.0. The number of carbonyl (C=O) groups is 1. The molecular formula is C21H23N3O6S2. The van der Waals surface area contributed by atoms with E-state index in [1.807, 2.05) is 18.2 Å². The number of hydrogen-bond donors (Lipinski definition) is 3. The lowest BCUT2D eigenvalue weighted by atomic mass is 9.98. The van der Waals surface area contributed by atoms with Crippen LogP contribution in [0, 0.1) is 0 Å². The Hall–Kier alpha value is -2.86. The number of para-hydroxylation sites is 1. The van der Waals surface area contributed by atoms with Crippen LogP contribution in [0.5, 0.6) is 11.5 Å². The Labute approximate surface area is 189 Å². The fraction of sp³-hybridized carbons (Fsp3) is 0.238. The number of nitrogens with zero attached hydrogens (tertiary/aromatic N) is 2. The molecule has 32 heavy (non-hydrogen) atoms. The van der Waals surface area contributed by atoms with Crippen molar-refractivity contribution in [2.45, 2.75) is 15.7 Å². The molecular weight excluding hydrogens is 454 g/mol. The fourth-order valence-electron chi connectivity index (χ4n) is 3.28. The molecule has 3 aromatic rings. The summed E-state index contributed by atoms with van der Waals surface area (Å²) in [6.07, 6.45) is 4.43. The van der Waals surface area contributed by atoms with Gasteiger partial charge in [0, 0.05) is 25.2 Å². The lowest BCUT2D eigenvalue weighted by molar-refractivity contribution is -0.150. The number of hydrogen-bond acceptors (Lipinski definition) is 8. The highest BCUT2D eigenvalue weighted by molar-refractivity contribution is 8.00. The normalized spacial score (nSPS) is 14.4. The van der Waals surface area contributed by atoms with E-state index in [4.69, 9.17) is 4.74 Å². The van der Waals surface area contributed by atoms with E-state index in [1.54, 1.807) is 18.4 Å². The van der Waals surface area contributed by atoms with Crippen molar-refractivity contribution in [3.63, 3.8) is 0 Å². The average molecular weight is 478 g/mol. The number of aliphatic hydroxyl groups is 1. The third-order valence-corrected chi connectivity index (χ3v) is 7.96. The summed E-state index contributed by atoms with van der Waals surface area (Å²) in [6.45, 7) is 0. The van der Waals surface area contributed by atoms with Crippen LogP contribution >= 0.6 is 11.8 Å². The fourth-order valence-corrected chi connectivity index (χ4v) is 6.46. The topological polar surface area (TPSA) is 131 Å². The number of imidazole rings is 1. The van der Waals surface area contributed by atoms with E-state index >= 15 is 0 Å². The maximum Gasteiger partial charge on any atom is 0.284 e. The van der Waals surface area contributed by atoms with Crippen LogP contribution in [0.25, 0.3) is 0 Å². The van der Waals surface area contributed by atoms with Gasteiger partial charge in [0.15, 0.2) is 15.7 Å². The number of rotatable bonds is 9. The van der Waals surface area contributed by atoms with Gasteiger partial charge in [-0.3, -0.25) is 10.0 Å². The maximum absolute atomic E-state index is 13.6. The van der Waals surface area contributed by atoms with Gasteiger partial charge in [-0.15, -0.1) is 0 Å². The minimum atomic E-state index is -4.26. The van der Waals surface area contributed by atoms with Crippen molar-refractivity contribution in [2.75, 3.05) is 12.0 Å². The number of thioether (sulfide) groups is 1. The van der Waals surface area contributed by atoms with E-state index in [2.05, 4.69) is 4.98 Å². The molecule has 0 fully saturated rings. The lowest BCUT2D eigenvalue weighted by Crippen LogP contribution is -2.56. The third-order valence-electron chi connectivity index (χ3n) is 4.90. The second-order valence-corrected chi connectivity index (χ2v) is 9.99. The maximum atomic E-state index is 13.6. The first-order valence-electron chi connectivity index (χ1n) is 9.45. The van der Waals surface area contributed by atoms with Crippen LogP contribution in [0.3, 0.4) is 0 Å². The summed E-state index contributed by atoms with van der Waals surface area (Å²) in [6, 6.07) is 14.7. The van der Waals surface area contributed by atoms with Crippen LogP contribution in [0.1, 0.15) is 5.82 Å². The average Bonchev–Trinajstić information content (AvgIpc) is 3.23. The highest BCUT2D eigenvalue weighted by Crippen LogP contribution is 2.35. The van der Waals surface area contributed by atoms with E-state index in [9.17, 15) is 23.5 Å². The molecule has 1 heterocycles. The van der Waals surface area contributed by atoms with Gasteiger partial charge in [-0.05, 0) is 42.7 Å². The van der Waals surface area contributed by atoms with Gasteiger partial charge in [-0.25, -0.2) is 18.9 Å².